The van der Waals surface area contributed by atoms with E-state index in [0.29, 0.717) is 10.5 Å². The largest absolute Gasteiger partial charge is 0.479 e. The Hall–Kier alpha value is -1.99. The van der Waals surface area contributed by atoms with E-state index >= 15 is 0 Å². The van der Waals surface area contributed by atoms with Gasteiger partial charge in [-0.2, -0.15) is 0 Å². The minimum absolute atomic E-state index is 0.325. The molecular formula is C15H17NO5S. The molecular weight excluding hydrogens is 306 g/mol. The van der Waals surface area contributed by atoms with Gasteiger partial charge in [0, 0.05) is 0 Å². The second kappa shape index (κ2) is 5.66. The molecule has 22 heavy (non-hydrogen) atoms. The lowest BCUT2D eigenvalue weighted by molar-refractivity contribution is -0.199. The van der Waals surface area contributed by atoms with Crippen LogP contribution in [0, 0.1) is 0 Å². The molecule has 0 spiro atoms. The summed E-state index contributed by atoms with van der Waals surface area (Å²) in [7, 11) is 0. The fraction of sp³-hybridized carbons (Fsp3) is 0.400. The molecule has 1 heterocycles. The summed E-state index contributed by atoms with van der Waals surface area (Å²) in [5, 5.41) is 19.3. The molecule has 0 radical (unpaired) electrons. The lowest BCUT2D eigenvalue weighted by Gasteiger charge is -2.32. The highest BCUT2D eigenvalue weighted by atomic mass is 32.1. The van der Waals surface area contributed by atoms with E-state index < -0.39 is 23.1 Å². The average molecular weight is 323 g/mol. The van der Waals surface area contributed by atoms with Crippen molar-refractivity contribution >= 4 is 33.5 Å². The highest BCUT2D eigenvalue weighted by Gasteiger charge is 2.51. The maximum atomic E-state index is 11.6. The molecule has 2 rings (SSSR count). The van der Waals surface area contributed by atoms with Gasteiger partial charge in [0.2, 0.25) is 0 Å². The number of ether oxygens (including phenoxy) is 1. The number of carbonyl (C=O) groups is 2. The Kier molecular flexibility index (Phi) is 4.21. The molecule has 0 atom stereocenters. The van der Waals surface area contributed by atoms with Crippen molar-refractivity contribution in [1.82, 2.24) is 4.98 Å². The second-order valence-corrected chi connectivity index (χ2v) is 7.02. The standard InChI is InChI=1S/C15H17NO5S/c1-14(2,3)21-15(12(17)18,13(19)20)8-11-16-9-6-4-5-7-10(9)22-11/h4-7H,8H2,1-3H3,(H,17,18)(H,19,20). The second-order valence-electron chi connectivity index (χ2n) is 5.90. The molecule has 6 nitrogen and oxygen atoms in total. The number of thiazole rings is 1. The number of hydrogen-bond donors (Lipinski definition) is 2. The summed E-state index contributed by atoms with van der Waals surface area (Å²) in [5.41, 5.74) is -2.57. The predicted octanol–water partition coefficient (Wildman–Crippen LogP) is 2.56. The van der Waals surface area contributed by atoms with Crippen LogP contribution in [-0.4, -0.2) is 38.3 Å². The molecule has 0 aliphatic heterocycles. The summed E-state index contributed by atoms with van der Waals surface area (Å²) in [4.78, 5) is 27.6. The first-order valence-electron chi connectivity index (χ1n) is 6.65. The van der Waals surface area contributed by atoms with Crippen LogP contribution >= 0.6 is 11.3 Å². The Morgan fingerprint density at radius 3 is 2.27 bits per heavy atom. The molecule has 2 N–H and O–H groups in total. The number of fused-ring (bicyclic) bond motifs is 1. The van der Waals surface area contributed by atoms with Crippen LogP contribution in [0.2, 0.25) is 0 Å². The van der Waals surface area contributed by atoms with E-state index in [1.54, 1.807) is 26.8 Å². The van der Waals surface area contributed by atoms with Gasteiger partial charge in [0.1, 0.15) is 0 Å². The summed E-state index contributed by atoms with van der Waals surface area (Å²) < 4.78 is 6.29. The van der Waals surface area contributed by atoms with Crippen molar-refractivity contribution in [3.63, 3.8) is 0 Å². The summed E-state index contributed by atoms with van der Waals surface area (Å²) >= 11 is 1.27. The first-order valence-corrected chi connectivity index (χ1v) is 7.47. The van der Waals surface area contributed by atoms with E-state index in [0.717, 1.165) is 4.70 Å². The molecule has 0 amide bonds. The fourth-order valence-corrected chi connectivity index (χ4v) is 3.14. The van der Waals surface area contributed by atoms with Crippen LogP contribution in [0.25, 0.3) is 10.2 Å². The van der Waals surface area contributed by atoms with Crippen LogP contribution in [0.4, 0.5) is 0 Å². The number of rotatable bonds is 5. The molecule has 1 aromatic carbocycles. The minimum atomic E-state index is -2.36. The molecule has 7 heteroatoms. The first-order chi connectivity index (χ1) is 10.1. The molecule has 0 fully saturated rings. The third-order valence-corrected chi connectivity index (χ3v) is 3.95. The van der Waals surface area contributed by atoms with Gasteiger partial charge in [-0.15, -0.1) is 11.3 Å². The van der Waals surface area contributed by atoms with E-state index in [-0.39, 0.29) is 6.42 Å². The lowest BCUT2D eigenvalue weighted by atomic mass is 9.98. The quantitative estimate of drug-likeness (QED) is 0.821. The van der Waals surface area contributed by atoms with Gasteiger partial charge >= 0.3 is 11.9 Å². The number of hydrogen-bond acceptors (Lipinski definition) is 5. The Morgan fingerprint density at radius 1 is 1.18 bits per heavy atom. The Balaban J connectivity index is 2.45. The van der Waals surface area contributed by atoms with Crippen molar-refractivity contribution in [3.05, 3.63) is 29.3 Å². The summed E-state index contributed by atoms with van der Waals surface area (Å²) in [6.45, 7) is 4.85. The van der Waals surface area contributed by atoms with E-state index in [2.05, 4.69) is 4.98 Å². The number of carboxylic acids is 2. The number of para-hydroxylation sites is 1. The summed E-state index contributed by atoms with van der Waals surface area (Å²) in [5.74, 6) is -3.07. The molecule has 118 valence electrons. The molecule has 0 aliphatic rings. The zero-order valence-electron chi connectivity index (χ0n) is 12.5. The summed E-state index contributed by atoms with van der Waals surface area (Å²) in [6, 6.07) is 7.31. The van der Waals surface area contributed by atoms with Gasteiger partial charge in [-0.25, -0.2) is 14.6 Å². The van der Waals surface area contributed by atoms with E-state index in [1.165, 1.54) is 11.3 Å². The molecule has 0 unspecified atom stereocenters. The van der Waals surface area contributed by atoms with Crippen LogP contribution in [0.3, 0.4) is 0 Å². The van der Waals surface area contributed by atoms with Gasteiger partial charge in [-0.3, -0.25) is 0 Å². The average Bonchev–Trinajstić information content (AvgIpc) is 2.77. The maximum absolute atomic E-state index is 11.6. The highest BCUT2D eigenvalue weighted by molar-refractivity contribution is 7.18. The van der Waals surface area contributed by atoms with Crippen LogP contribution in [0.15, 0.2) is 24.3 Å². The van der Waals surface area contributed by atoms with E-state index in [9.17, 15) is 19.8 Å². The Bertz CT molecular complexity index is 669. The molecule has 1 aromatic heterocycles. The van der Waals surface area contributed by atoms with Crippen LogP contribution in [0.1, 0.15) is 25.8 Å². The van der Waals surface area contributed by atoms with Gasteiger partial charge < -0.3 is 14.9 Å². The number of carboxylic acid groups (broad SMARTS) is 2. The van der Waals surface area contributed by atoms with Gasteiger partial charge in [0.25, 0.3) is 5.60 Å². The zero-order chi connectivity index (χ0) is 16.5. The number of aliphatic carboxylic acids is 2. The monoisotopic (exact) mass is 323 g/mol. The van der Waals surface area contributed by atoms with Gasteiger partial charge in [0.15, 0.2) is 0 Å². The van der Waals surface area contributed by atoms with Crippen LogP contribution < -0.4 is 0 Å². The van der Waals surface area contributed by atoms with E-state index in [1.807, 2.05) is 18.2 Å². The third-order valence-electron chi connectivity index (χ3n) is 2.91. The maximum Gasteiger partial charge on any atom is 0.348 e. The van der Waals surface area contributed by atoms with Crippen LogP contribution in [0.5, 0.6) is 0 Å². The van der Waals surface area contributed by atoms with E-state index in [4.69, 9.17) is 4.74 Å². The van der Waals surface area contributed by atoms with Crippen molar-refractivity contribution < 1.29 is 24.5 Å². The molecule has 0 saturated heterocycles. The number of benzene rings is 1. The smallest absolute Gasteiger partial charge is 0.348 e. The van der Waals surface area contributed by atoms with Crippen molar-refractivity contribution in [2.45, 2.75) is 38.4 Å². The van der Waals surface area contributed by atoms with Crippen molar-refractivity contribution in [3.8, 4) is 0 Å². The fourth-order valence-electron chi connectivity index (χ4n) is 2.10. The van der Waals surface area contributed by atoms with Gasteiger partial charge in [0.05, 0.1) is 27.2 Å². The Morgan fingerprint density at radius 2 is 1.77 bits per heavy atom. The summed E-state index contributed by atoms with van der Waals surface area (Å²) in [6.07, 6.45) is -0.325. The van der Waals surface area contributed by atoms with Crippen molar-refractivity contribution in [2.75, 3.05) is 0 Å². The predicted molar refractivity (Wildman–Crippen MR) is 82.2 cm³/mol. The molecule has 0 aliphatic carbocycles. The van der Waals surface area contributed by atoms with Crippen molar-refractivity contribution in [1.29, 1.82) is 0 Å². The molecule has 0 bridgehead atoms. The SMILES string of the molecule is CC(C)(C)OC(Cc1nc2ccccc2s1)(C(=O)O)C(=O)O. The first kappa shape index (κ1) is 16.4. The lowest BCUT2D eigenvalue weighted by Crippen LogP contribution is -2.54. The molecule has 0 saturated carbocycles. The normalized spacial score (nSPS) is 12.5. The van der Waals surface area contributed by atoms with Gasteiger partial charge in [-0.1, -0.05) is 12.1 Å². The number of nitrogens with zero attached hydrogens (tertiary/aromatic N) is 1. The minimum Gasteiger partial charge on any atom is -0.479 e. The van der Waals surface area contributed by atoms with Gasteiger partial charge in [-0.05, 0) is 32.9 Å². The van der Waals surface area contributed by atoms with Crippen LogP contribution in [-0.2, 0) is 20.7 Å². The molecule has 2 aromatic rings. The zero-order valence-corrected chi connectivity index (χ0v) is 13.3. The third kappa shape index (κ3) is 3.26. The Labute approximate surface area is 131 Å². The number of aromatic nitrogens is 1. The highest BCUT2D eigenvalue weighted by Crippen LogP contribution is 2.30. The topological polar surface area (TPSA) is 96.7 Å². The van der Waals surface area contributed by atoms with Crippen molar-refractivity contribution in [2.24, 2.45) is 0 Å².